The van der Waals surface area contributed by atoms with Gasteiger partial charge in [0.15, 0.2) is 0 Å². The minimum Gasteiger partial charge on any atom is -0.330 e. The number of nitrogens with two attached hydrogens (primary N) is 1. The van der Waals surface area contributed by atoms with E-state index in [1.165, 1.54) is 0 Å². The summed E-state index contributed by atoms with van der Waals surface area (Å²) in [5.41, 5.74) is 6.32. The van der Waals surface area contributed by atoms with E-state index in [1.54, 1.807) is 5.01 Å². The highest BCUT2D eigenvalue weighted by Crippen LogP contribution is 2.15. The maximum Gasteiger partial charge on any atom is 0.248 e. The van der Waals surface area contributed by atoms with Crippen LogP contribution in [0.5, 0.6) is 0 Å². The Morgan fingerprint density at radius 3 is 2.92 bits per heavy atom. The summed E-state index contributed by atoms with van der Waals surface area (Å²) in [5, 5.41) is 5.84. The van der Waals surface area contributed by atoms with Crippen LogP contribution in [0, 0.1) is 0 Å². The minimum absolute atomic E-state index is 0.109. The second-order valence-corrected chi connectivity index (χ2v) is 3.38. The third kappa shape index (κ3) is 2.28. The van der Waals surface area contributed by atoms with Gasteiger partial charge in [-0.15, -0.1) is 0 Å². The zero-order valence-corrected chi connectivity index (χ0v) is 8.29. The Bertz CT molecular complexity index is 225. The Morgan fingerprint density at radius 2 is 2.38 bits per heavy atom. The molecule has 0 aromatic carbocycles. The van der Waals surface area contributed by atoms with E-state index in [0.29, 0.717) is 13.0 Å². The number of carbonyl (C=O) groups is 1. The van der Waals surface area contributed by atoms with E-state index in [0.717, 1.165) is 18.6 Å². The third-order valence-electron chi connectivity index (χ3n) is 2.30. The van der Waals surface area contributed by atoms with Crippen LogP contribution in [0.4, 0.5) is 0 Å². The molecule has 1 unspecified atom stereocenters. The Balaban J connectivity index is 2.60. The Labute approximate surface area is 78.8 Å². The molecule has 0 fully saturated rings. The largest absolute Gasteiger partial charge is 0.330 e. The Hall–Kier alpha value is -0.900. The second-order valence-electron chi connectivity index (χ2n) is 3.38. The molecule has 0 saturated carbocycles. The van der Waals surface area contributed by atoms with E-state index in [1.807, 2.05) is 13.8 Å². The van der Waals surface area contributed by atoms with Crippen LogP contribution in [0.2, 0.25) is 0 Å². The molecule has 2 N–H and O–H groups in total. The summed E-state index contributed by atoms with van der Waals surface area (Å²) in [6.07, 6.45) is 2.13. The quantitative estimate of drug-likeness (QED) is 0.698. The van der Waals surface area contributed by atoms with Gasteiger partial charge in [0.1, 0.15) is 0 Å². The van der Waals surface area contributed by atoms with Gasteiger partial charge in [-0.25, -0.2) is 5.01 Å². The average molecular weight is 183 g/mol. The predicted molar refractivity (Wildman–Crippen MR) is 52.3 cm³/mol. The lowest BCUT2D eigenvalue weighted by atomic mass is 10.2. The molecule has 0 saturated heterocycles. The van der Waals surface area contributed by atoms with Crippen molar-refractivity contribution in [2.45, 2.75) is 39.2 Å². The summed E-state index contributed by atoms with van der Waals surface area (Å²) in [7, 11) is 0. The normalized spacial score (nSPS) is 19.2. The third-order valence-corrected chi connectivity index (χ3v) is 2.30. The van der Waals surface area contributed by atoms with Crippen LogP contribution in [-0.4, -0.2) is 29.2 Å². The first-order valence-electron chi connectivity index (χ1n) is 4.77. The van der Waals surface area contributed by atoms with Crippen molar-refractivity contribution in [3.63, 3.8) is 0 Å². The molecular formula is C9H17N3O. The summed E-state index contributed by atoms with van der Waals surface area (Å²) in [6.45, 7) is 4.63. The monoisotopic (exact) mass is 183 g/mol. The maximum absolute atomic E-state index is 11.4. The van der Waals surface area contributed by atoms with Crippen molar-refractivity contribution in [1.29, 1.82) is 0 Å². The molecule has 0 aromatic rings. The van der Waals surface area contributed by atoms with Crippen molar-refractivity contribution in [2.24, 2.45) is 10.8 Å². The lowest BCUT2D eigenvalue weighted by Gasteiger charge is -2.18. The van der Waals surface area contributed by atoms with Gasteiger partial charge in [0.25, 0.3) is 0 Å². The van der Waals surface area contributed by atoms with Crippen LogP contribution in [0.3, 0.4) is 0 Å². The van der Waals surface area contributed by atoms with Gasteiger partial charge >= 0.3 is 0 Å². The maximum atomic E-state index is 11.4. The van der Waals surface area contributed by atoms with Crippen LogP contribution in [0.1, 0.15) is 33.1 Å². The topological polar surface area (TPSA) is 58.7 Å². The first-order valence-corrected chi connectivity index (χ1v) is 4.77. The van der Waals surface area contributed by atoms with Gasteiger partial charge < -0.3 is 5.73 Å². The first kappa shape index (κ1) is 10.2. The van der Waals surface area contributed by atoms with E-state index in [-0.39, 0.29) is 11.9 Å². The van der Waals surface area contributed by atoms with Gasteiger partial charge in [-0.05, 0) is 19.9 Å². The van der Waals surface area contributed by atoms with Crippen LogP contribution >= 0.6 is 0 Å². The highest BCUT2D eigenvalue weighted by molar-refractivity contribution is 6.05. The van der Waals surface area contributed by atoms with Gasteiger partial charge in [0.2, 0.25) is 5.91 Å². The molecule has 0 aromatic heterocycles. The molecule has 4 heteroatoms. The highest BCUT2D eigenvalue weighted by atomic mass is 16.2. The molecule has 1 rings (SSSR count). The van der Waals surface area contributed by atoms with Crippen LogP contribution in [-0.2, 0) is 4.79 Å². The van der Waals surface area contributed by atoms with E-state index < -0.39 is 0 Å². The number of rotatable bonds is 4. The number of hydrazone groups is 1. The van der Waals surface area contributed by atoms with Crippen molar-refractivity contribution in [3.05, 3.63) is 0 Å². The first-order chi connectivity index (χ1) is 6.19. The average Bonchev–Trinajstić information content (AvgIpc) is 2.46. The molecule has 0 spiro atoms. The van der Waals surface area contributed by atoms with Gasteiger partial charge in [-0.2, -0.15) is 5.10 Å². The van der Waals surface area contributed by atoms with Gasteiger partial charge in [0, 0.05) is 12.1 Å². The minimum atomic E-state index is 0.109. The number of hydrogen-bond donors (Lipinski definition) is 1. The number of amides is 1. The fourth-order valence-corrected chi connectivity index (χ4v) is 1.32. The van der Waals surface area contributed by atoms with Crippen LogP contribution in [0.25, 0.3) is 0 Å². The van der Waals surface area contributed by atoms with E-state index in [4.69, 9.17) is 5.73 Å². The lowest BCUT2D eigenvalue weighted by molar-refractivity contribution is -0.130. The van der Waals surface area contributed by atoms with E-state index in [9.17, 15) is 4.79 Å². The van der Waals surface area contributed by atoms with Crippen LogP contribution in [0.15, 0.2) is 5.10 Å². The Morgan fingerprint density at radius 1 is 1.69 bits per heavy atom. The summed E-state index contributed by atoms with van der Waals surface area (Å²) < 4.78 is 0. The molecule has 0 aliphatic carbocycles. The van der Waals surface area contributed by atoms with Crippen molar-refractivity contribution in [1.82, 2.24) is 5.01 Å². The molecular weight excluding hydrogens is 166 g/mol. The standard InChI is InChI=1S/C9H17N3O/c1-3-7(2)12-9(13)6-8(11-12)4-5-10/h7H,3-6,10H2,1-2H3. The smallest absolute Gasteiger partial charge is 0.248 e. The van der Waals surface area contributed by atoms with Gasteiger partial charge in [-0.1, -0.05) is 6.92 Å². The van der Waals surface area contributed by atoms with E-state index >= 15 is 0 Å². The molecule has 74 valence electrons. The lowest BCUT2D eigenvalue weighted by Crippen LogP contribution is -2.29. The van der Waals surface area contributed by atoms with Crippen molar-refractivity contribution in [2.75, 3.05) is 6.54 Å². The molecule has 1 aliphatic rings. The molecule has 13 heavy (non-hydrogen) atoms. The summed E-state index contributed by atoms with van der Waals surface area (Å²) in [5.74, 6) is 0.109. The SMILES string of the molecule is CCC(C)N1N=C(CCN)CC1=O. The molecule has 1 atom stereocenters. The number of hydrogen-bond acceptors (Lipinski definition) is 3. The fraction of sp³-hybridized carbons (Fsp3) is 0.778. The van der Waals surface area contributed by atoms with Crippen molar-refractivity contribution < 1.29 is 4.79 Å². The van der Waals surface area contributed by atoms with Crippen LogP contribution < -0.4 is 5.73 Å². The molecule has 0 radical (unpaired) electrons. The summed E-state index contributed by atoms with van der Waals surface area (Å²) in [6, 6.07) is 0.211. The number of carbonyl (C=O) groups excluding carboxylic acids is 1. The Kier molecular flexibility index (Phi) is 3.42. The highest BCUT2D eigenvalue weighted by Gasteiger charge is 2.26. The zero-order chi connectivity index (χ0) is 9.84. The zero-order valence-electron chi connectivity index (χ0n) is 8.29. The second kappa shape index (κ2) is 4.37. The molecule has 1 heterocycles. The fourth-order valence-electron chi connectivity index (χ4n) is 1.32. The summed E-state index contributed by atoms with van der Waals surface area (Å²) >= 11 is 0. The van der Waals surface area contributed by atoms with Crippen molar-refractivity contribution in [3.8, 4) is 0 Å². The van der Waals surface area contributed by atoms with Crippen molar-refractivity contribution >= 4 is 11.6 Å². The van der Waals surface area contributed by atoms with Gasteiger partial charge in [-0.3, -0.25) is 4.79 Å². The summed E-state index contributed by atoms with van der Waals surface area (Å²) in [4.78, 5) is 11.4. The van der Waals surface area contributed by atoms with E-state index in [2.05, 4.69) is 5.10 Å². The van der Waals surface area contributed by atoms with Gasteiger partial charge in [0.05, 0.1) is 12.5 Å². The predicted octanol–water partition coefficient (Wildman–Crippen LogP) is 0.722. The molecule has 1 aliphatic heterocycles. The molecule has 4 nitrogen and oxygen atoms in total. The number of nitrogens with zero attached hydrogens (tertiary/aromatic N) is 2. The molecule has 0 bridgehead atoms. The molecule has 1 amide bonds.